The Morgan fingerprint density at radius 3 is 2.81 bits per heavy atom. The van der Waals surface area contributed by atoms with E-state index in [1.54, 1.807) is 23.1 Å². The number of aromatic nitrogens is 1. The summed E-state index contributed by atoms with van der Waals surface area (Å²) in [5, 5.41) is 4.95. The molecule has 0 fully saturated rings. The summed E-state index contributed by atoms with van der Waals surface area (Å²) in [6, 6.07) is 14.0. The molecule has 27 heavy (non-hydrogen) atoms. The molecule has 5 N–H and O–H groups in total. The lowest BCUT2D eigenvalue weighted by atomic mass is 10.1. The first kappa shape index (κ1) is 19.5. The minimum atomic E-state index is 0.634. The van der Waals surface area contributed by atoms with Gasteiger partial charge in [-0.1, -0.05) is 48.6 Å². The van der Waals surface area contributed by atoms with E-state index >= 15 is 0 Å². The van der Waals surface area contributed by atoms with Gasteiger partial charge in [-0.2, -0.15) is 0 Å². The highest BCUT2D eigenvalue weighted by molar-refractivity contribution is 8.13. The van der Waals surface area contributed by atoms with Crippen LogP contribution in [0.4, 0.5) is 16.5 Å². The summed E-state index contributed by atoms with van der Waals surface area (Å²) in [5.74, 6) is 1.02. The summed E-state index contributed by atoms with van der Waals surface area (Å²) >= 11 is 3.25. The van der Waals surface area contributed by atoms with Crippen LogP contribution in [0, 0.1) is 0 Å². The van der Waals surface area contributed by atoms with Crippen LogP contribution < -0.4 is 16.8 Å². The van der Waals surface area contributed by atoms with Crippen molar-refractivity contribution in [1.82, 2.24) is 4.98 Å². The number of thioether (sulfide) groups is 1. The fourth-order valence-corrected chi connectivity index (χ4v) is 4.30. The molecule has 0 unspecified atom stereocenters. The standard InChI is InChI=1S/C20H25N5S2/c1-2-3-12-26-19(22)24-16-7-4-14(5-8-16)10-11-23-20-25-17-9-6-15(21)13-18(17)27-20/h4-9,13H,2-3,10-12,21H2,1H3,(H2,22,24)(H,23,25). The Morgan fingerprint density at radius 1 is 1.22 bits per heavy atom. The molecular weight excluding hydrogens is 374 g/mol. The summed E-state index contributed by atoms with van der Waals surface area (Å²) in [5.41, 5.74) is 15.7. The van der Waals surface area contributed by atoms with E-state index in [1.165, 1.54) is 12.0 Å². The first-order valence-corrected chi connectivity index (χ1v) is 10.9. The molecule has 0 saturated heterocycles. The van der Waals surface area contributed by atoms with Crippen molar-refractivity contribution in [1.29, 1.82) is 0 Å². The van der Waals surface area contributed by atoms with E-state index in [0.717, 1.165) is 51.9 Å². The molecule has 7 heteroatoms. The maximum absolute atomic E-state index is 5.96. The predicted octanol–water partition coefficient (Wildman–Crippen LogP) is 5.01. The highest BCUT2D eigenvalue weighted by Crippen LogP contribution is 2.27. The number of nitrogens with one attached hydrogen (secondary N) is 1. The maximum Gasteiger partial charge on any atom is 0.183 e. The van der Waals surface area contributed by atoms with Crippen molar-refractivity contribution in [2.24, 2.45) is 10.7 Å². The number of amidine groups is 1. The molecule has 2 aromatic carbocycles. The summed E-state index contributed by atoms with van der Waals surface area (Å²) in [6.45, 7) is 3.00. The van der Waals surface area contributed by atoms with Crippen molar-refractivity contribution < 1.29 is 0 Å². The first-order chi connectivity index (χ1) is 13.1. The Labute approximate surface area is 168 Å². The van der Waals surface area contributed by atoms with Crippen molar-refractivity contribution in [2.75, 3.05) is 23.3 Å². The first-order valence-electron chi connectivity index (χ1n) is 9.10. The highest BCUT2D eigenvalue weighted by Gasteiger charge is 2.04. The largest absolute Gasteiger partial charge is 0.399 e. The number of unbranched alkanes of at least 4 members (excludes halogenated alkanes) is 1. The molecule has 0 aliphatic rings. The van der Waals surface area contributed by atoms with Gasteiger partial charge in [0, 0.05) is 18.0 Å². The highest BCUT2D eigenvalue weighted by atomic mass is 32.2. The van der Waals surface area contributed by atoms with Crippen LogP contribution in [0.15, 0.2) is 47.5 Å². The van der Waals surface area contributed by atoms with Crippen LogP contribution in [0.2, 0.25) is 0 Å². The third kappa shape index (κ3) is 5.87. The number of nitrogens with zero attached hydrogens (tertiary/aromatic N) is 2. The third-order valence-electron chi connectivity index (χ3n) is 4.03. The molecule has 0 amide bonds. The monoisotopic (exact) mass is 399 g/mol. The molecule has 0 bridgehead atoms. The Bertz CT molecular complexity index is 902. The summed E-state index contributed by atoms with van der Waals surface area (Å²) in [7, 11) is 0. The molecule has 0 aliphatic heterocycles. The molecule has 3 rings (SSSR count). The second kappa shape index (κ2) is 9.62. The summed E-state index contributed by atoms with van der Waals surface area (Å²) in [6.07, 6.45) is 3.26. The van der Waals surface area contributed by atoms with Crippen molar-refractivity contribution in [3.63, 3.8) is 0 Å². The quantitative estimate of drug-likeness (QED) is 0.214. The van der Waals surface area contributed by atoms with Crippen LogP contribution in [0.25, 0.3) is 10.2 Å². The van der Waals surface area contributed by atoms with Gasteiger partial charge >= 0.3 is 0 Å². The van der Waals surface area contributed by atoms with Crippen molar-refractivity contribution in [3.05, 3.63) is 48.0 Å². The van der Waals surface area contributed by atoms with E-state index in [9.17, 15) is 0 Å². The molecule has 3 aromatic rings. The van der Waals surface area contributed by atoms with E-state index in [1.807, 2.05) is 30.3 Å². The fourth-order valence-electron chi connectivity index (χ4n) is 2.55. The minimum absolute atomic E-state index is 0.634. The molecule has 0 atom stereocenters. The lowest BCUT2D eigenvalue weighted by Crippen LogP contribution is -2.06. The molecule has 142 valence electrons. The molecular formula is C20H25N5S2. The van der Waals surface area contributed by atoms with Gasteiger partial charge in [-0.3, -0.25) is 0 Å². The van der Waals surface area contributed by atoms with Gasteiger partial charge in [-0.05, 0) is 48.7 Å². The molecule has 5 nitrogen and oxygen atoms in total. The van der Waals surface area contributed by atoms with Crippen LogP contribution >= 0.6 is 23.1 Å². The normalized spacial score (nSPS) is 11.8. The number of nitrogen functional groups attached to an aromatic ring is 1. The molecule has 0 spiro atoms. The van der Waals surface area contributed by atoms with E-state index in [4.69, 9.17) is 11.5 Å². The Kier molecular flexibility index (Phi) is 6.95. The molecule has 0 radical (unpaired) electrons. The number of rotatable bonds is 8. The zero-order chi connectivity index (χ0) is 19.1. The van der Waals surface area contributed by atoms with Gasteiger partial charge < -0.3 is 16.8 Å². The fraction of sp³-hybridized carbons (Fsp3) is 0.300. The van der Waals surface area contributed by atoms with Gasteiger partial charge in [0.05, 0.1) is 15.9 Å². The minimum Gasteiger partial charge on any atom is -0.399 e. The summed E-state index contributed by atoms with van der Waals surface area (Å²) < 4.78 is 1.11. The number of hydrogen-bond donors (Lipinski definition) is 3. The second-order valence-electron chi connectivity index (χ2n) is 6.24. The average Bonchev–Trinajstić information content (AvgIpc) is 3.05. The Balaban J connectivity index is 1.50. The van der Waals surface area contributed by atoms with Gasteiger partial charge in [-0.25, -0.2) is 9.98 Å². The van der Waals surface area contributed by atoms with Crippen LogP contribution in [0.1, 0.15) is 25.3 Å². The van der Waals surface area contributed by atoms with Gasteiger partial charge in [-0.15, -0.1) is 0 Å². The average molecular weight is 400 g/mol. The number of fused-ring (bicyclic) bond motifs is 1. The van der Waals surface area contributed by atoms with E-state index in [-0.39, 0.29) is 0 Å². The zero-order valence-corrected chi connectivity index (χ0v) is 17.1. The Hall–Kier alpha value is -2.25. The lowest BCUT2D eigenvalue weighted by Gasteiger charge is -2.04. The van der Waals surface area contributed by atoms with Crippen molar-refractivity contribution >= 4 is 55.0 Å². The summed E-state index contributed by atoms with van der Waals surface area (Å²) in [4.78, 5) is 9.03. The lowest BCUT2D eigenvalue weighted by molar-refractivity contribution is 0.898. The van der Waals surface area contributed by atoms with E-state index < -0.39 is 0 Å². The van der Waals surface area contributed by atoms with Crippen molar-refractivity contribution in [2.45, 2.75) is 26.2 Å². The van der Waals surface area contributed by atoms with E-state index in [2.05, 4.69) is 34.3 Å². The topological polar surface area (TPSA) is 89.3 Å². The molecule has 0 saturated carbocycles. The number of thiazole rings is 1. The second-order valence-corrected chi connectivity index (χ2v) is 8.39. The van der Waals surface area contributed by atoms with Crippen LogP contribution in [0.5, 0.6) is 0 Å². The van der Waals surface area contributed by atoms with Gasteiger partial charge in [0.2, 0.25) is 0 Å². The number of hydrogen-bond acceptors (Lipinski definition) is 6. The van der Waals surface area contributed by atoms with Crippen molar-refractivity contribution in [3.8, 4) is 0 Å². The molecule has 1 aromatic heterocycles. The number of aliphatic imine (C=N–C) groups is 1. The van der Waals surface area contributed by atoms with Crippen LogP contribution in [-0.4, -0.2) is 22.4 Å². The Morgan fingerprint density at radius 2 is 2.04 bits per heavy atom. The SMILES string of the molecule is CCCCSC(N)=Nc1ccc(CCNc2nc3ccc(N)cc3s2)cc1. The third-order valence-corrected chi connectivity index (χ3v) is 5.88. The van der Waals surface area contributed by atoms with E-state index in [0.29, 0.717) is 5.17 Å². The smallest absolute Gasteiger partial charge is 0.183 e. The molecule has 1 heterocycles. The zero-order valence-electron chi connectivity index (χ0n) is 15.4. The number of benzene rings is 2. The number of nitrogens with two attached hydrogens (primary N) is 2. The number of anilines is 2. The predicted molar refractivity (Wildman–Crippen MR) is 121 cm³/mol. The van der Waals surface area contributed by atoms with Gasteiger partial charge in [0.25, 0.3) is 0 Å². The maximum atomic E-state index is 5.96. The van der Waals surface area contributed by atoms with Crippen LogP contribution in [0.3, 0.4) is 0 Å². The van der Waals surface area contributed by atoms with Crippen LogP contribution in [-0.2, 0) is 6.42 Å². The van der Waals surface area contributed by atoms with Gasteiger partial charge in [0.1, 0.15) is 0 Å². The van der Waals surface area contributed by atoms with Gasteiger partial charge in [0.15, 0.2) is 10.3 Å². The molecule has 0 aliphatic carbocycles.